The molecule has 1 fully saturated rings. The van der Waals surface area contributed by atoms with Crippen molar-refractivity contribution in [2.75, 3.05) is 13.2 Å². The topological polar surface area (TPSA) is 71.9 Å². The number of pyridine rings is 1. The van der Waals surface area contributed by atoms with Crippen molar-refractivity contribution in [2.45, 2.75) is 44.8 Å². The Kier molecular flexibility index (Phi) is 4.13. The van der Waals surface area contributed by atoms with E-state index in [2.05, 4.69) is 4.98 Å². The van der Waals surface area contributed by atoms with Crippen LogP contribution in [0, 0.1) is 0 Å². The molecule has 1 saturated carbocycles. The summed E-state index contributed by atoms with van der Waals surface area (Å²) in [5.41, 5.74) is 0.783. The average molecular weight is 292 g/mol. The van der Waals surface area contributed by atoms with Gasteiger partial charge in [-0.15, -0.1) is 0 Å². The monoisotopic (exact) mass is 292 g/mol. The number of amides is 1. The SMILES string of the molecule is O=C(O)N1CCOc2nc(OC3CCCCC3)ccc2C1. The van der Waals surface area contributed by atoms with Crippen LogP contribution in [0.3, 0.4) is 0 Å². The first kappa shape index (κ1) is 14.0. The van der Waals surface area contributed by atoms with Gasteiger partial charge in [-0.1, -0.05) is 6.42 Å². The second-order valence-corrected chi connectivity index (χ2v) is 5.54. The fraction of sp³-hybridized carbons (Fsp3) is 0.600. The van der Waals surface area contributed by atoms with Crippen molar-refractivity contribution < 1.29 is 19.4 Å². The minimum absolute atomic E-state index is 0.241. The maximum atomic E-state index is 11.1. The lowest BCUT2D eigenvalue weighted by molar-refractivity contribution is 0.137. The summed E-state index contributed by atoms with van der Waals surface area (Å²) in [6, 6.07) is 3.66. The quantitative estimate of drug-likeness (QED) is 0.907. The molecule has 0 saturated heterocycles. The zero-order chi connectivity index (χ0) is 14.7. The normalized spacial score (nSPS) is 19.3. The first-order valence-electron chi connectivity index (χ1n) is 7.49. The molecule has 1 aliphatic heterocycles. The molecule has 6 nitrogen and oxygen atoms in total. The number of hydrogen-bond donors (Lipinski definition) is 1. The molecule has 0 unspecified atom stereocenters. The van der Waals surface area contributed by atoms with Gasteiger partial charge in [0, 0.05) is 11.6 Å². The Morgan fingerprint density at radius 3 is 2.90 bits per heavy atom. The summed E-state index contributed by atoms with van der Waals surface area (Å²) in [5.74, 6) is 1.07. The second-order valence-electron chi connectivity index (χ2n) is 5.54. The summed E-state index contributed by atoms with van der Waals surface area (Å²) in [5, 5.41) is 9.09. The van der Waals surface area contributed by atoms with Gasteiger partial charge in [-0.05, 0) is 31.7 Å². The summed E-state index contributed by atoms with van der Waals surface area (Å²) in [4.78, 5) is 16.8. The molecule has 2 aliphatic rings. The van der Waals surface area contributed by atoms with Gasteiger partial charge < -0.3 is 19.5 Å². The Balaban J connectivity index is 1.72. The minimum atomic E-state index is -0.936. The van der Waals surface area contributed by atoms with Crippen molar-refractivity contribution >= 4 is 6.09 Å². The number of rotatable bonds is 2. The Labute approximate surface area is 123 Å². The Morgan fingerprint density at radius 1 is 1.33 bits per heavy atom. The molecule has 0 aromatic carbocycles. The Morgan fingerprint density at radius 2 is 2.14 bits per heavy atom. The van der Waals surface area contributed by atoms with E-state index >= 15 is 0 Å². The minimum Gasteiger partial charge on any atom is -0.475 e. The molecule has 114 valence electrons. The van der Waals surface area contributed by atoms with Gasteiger partial charge in [0.1, 0.15) is 12.7 Å². The van der Waals surface area contributed by atoms with Crippen LogP contribution in [0.4, 0.5) is 4.79 Å². The summed E-state index contributed by atoms with van der Waals surface area (Å²) in [6.07, 6.45) is 5.16. The fourth-order valence-electron chi connectivity index (χ4n) is 2.82. The molecular weight excluding hydrogens is 272 g/mol. The highest BCUT2D eigenvalue weighted by atomic mass is 16.5. The van der Waals surface area contributed by atoms with Gasteiger partial charge in [-0.3, -0.25) is 0 Å². The third-order valence-electron chi connectivity index (χ3n) is 3.98. The van der Waals surface area contributed by atoms with Crippen LogP contribution in [-0.4, -0.2) is 40.3 Å². The molecule has 1 aromatic heterocycles. The zero-order valence-corrected chi connectivity index (χ0v) is 12.0. The predicted molar refractivity (Wildman–Crippen MR) is 75.7 cm³/mol. The van der Waals surface area contributed by atoms with E-state index in [1.54, 1.807) is 0 Å². The van der Waals surface area contributed by atoms with Gasteiger partial charge in [-0.25, -0.2) is 4.79 Å². The first-order chi connectivity index (χ1) is 10.2. The molecular formula is C15H20N2O4. The molecule has 3 rings (SSSR count). The number of carbonyl (C=O) groups is 1. The number of fused-ring (bicyclic) bond motifs is 1. The highest BCUT2D eigenvalue weighted by Gasteiger charge is 2.21. The average Bonchev–Trinajstić information content (AvgIpc) is 2.70. The van der Waals surface area contributed by atoms with Crippen LogP contribution in [-0.2, 0) is 6.54 Å². The van der Waals surface area contributed by atoms with E-state index in [1.807, 2.05) is 12.1 Å². The number of carboxylic acid groups (broad SMARTS) is 1. The highest BCUT2D eigenvalue weighted by molar-refractivity contribution is 5.65. The van der Waals surface area contributed by atoms with Crippen molar-refractivity contribution in [1.29, 1.82) is 0 Å². The summed E-state index contributed by atoms with van der Waals surface area (Å²) in [6.45, 7) is 0.977. The van der Waals surface area contributed by atoms with E-state index in [1.165, 1.54) is 24.2 Å². The maximum absolute atomic E-state index is 11.1. The van der Waals surface area contributed by atoms with E-state index < -0.39 is 6.09 Å². The standard InChI is InChI=1S/C15H20N2O4/c18-15(19)17-8-9-20-14-11(10-17)6-7-13(16-14)21-12-4-2-1-3-5-12/h6-7,12H,1-5,8-10H2,(H,18,19). The van der Waals surface area contributed by atoms with Crippen LogP contribution in [0.2, 0.25) is 0 Å². The van der Waals surface area contributed by atoms with Crippen LogP contribution in [0.25, 0.3) is 0 Å². The van der Waals surface area contributed by atoms with E-state index in [0.717, 1.165) is 18.4 Å². The van der Waals surface area contributed by atoms with Crippen molar-refractivity contribution in [1.82, 2.24) is 9.88 Å². The molecule has 6 heteroatoms. The number of hydrogen-bond acceptors (Lipinski definition) is 4. The zero-order valence-electron chi connectivity index (χ0n) is 12.0. The molecule has 0 spiro atoms. The van der Waals surface area contributed by atoms with Crippen molar-refractivity contribution in [3.05, 3.63) is 17.7 Å². The van der Waals surface area contributed by atoms with Gasteiger partial charge in [0.15, 0.2) is 0 Å². The van der Waals surface area contributed by atoms with Crippen LogP contribution in [0.5, 0.6) is 11.8 Å². The molecule has 0 radical (unpaired) electrons. The van der Waals surface area contributed by atoms with E-state index in [4.69, 9.17) is 14.6 Å². The second kappa shape index (κ2) is 6.20. The smallest absolute Gasteiger partial charge is 0.407 e. The lowest BCUT2D eigenvalue weighted by Crippen LogP contribution is -2.30. The molecule has 1 aliphatic carbocycles. The van der Waals surface area contributed by atoms with Gasteiger partial charge in [0.2, 0.25) is 11.8 Å². The molecule has 1 N–H and O–H groups in total. The van der Waals surface area contributed by atoms with Gasteiger partial charge in [-0.2, -0.15) is 4.98 Å². The van der Waals surface area contributed by atoms with Crippen LogP contribution in [0.1, 0.15) is 37.7 Å². The highest BCUT2D eigenvalue weighted by Crippen LogP contribution is 2.27. The number of ether oxygens (including phenoxy) is 2. The number of aromatic nitrogens is 1. The summed E-state index contributed by atoms with van der Waals surface area (Å²) in [7, 11) is 0. The van der Waals surface area contributed by atoms with E-state index in [0.29, 0.717) is 31.5 Å². The van der Waals surface area contributed by atoms with Gasteiger partial charge in [0.05, 0.1) is 13.1 Å². The van der Waals surface area contributed by atoms with Crippen LogP contribution in [0.15, 0.2) is 12.1 Å². The predicted octanol–water partition coefficient (Wildman–Crippen LogP) is 2.67. The third-order valence-corrected chi connectivity index (χ3v) is 3.98. The van der Waals surface area contributed by atoms with Crippen molar-refractivity contribution in [2.24, 2.45) is 0 Å². The number of nitrogens with zero attached hydrogens (tertiary/aromatic N) is 2. The lowest BCUT2D eigenvalue weighted by atomic mass is 9.98. The molecule has 0 bridgehead atoms. The van der Waals surface area contributed by atoms with Crippen molar-refractivity contribution in [3.63, 3.8) is 0 Å². The Hall–Kier alpha value is -1.98. The molecule has 1 aromatic rings. The van der Waals surface area contributed by atoms with E-state index in [9.17, 15) is 4.79 Å². The van der Waals surface area contributed by atoms with Crippen molar-refractivity contribution in [3.8, 4) is 11.8 Å². The summed E-state index contributed by atoms with van der Waals surface area (Å²) >= 11 is 0. The molecule has 21 heavy (non-hydrogen) atoms. The molecule has 0 atom stereocenters. The molecule has 2 heterocycles. The van der Waals surface area contributed by atoms with Crippen LogP contribution >= 0.6 is 0 Å². The molecule has 1 amide bonds. The van der Waals surface area contributed by atoms with Crippen LogP contribution < -0.4 is 9.47 Å². The third kappa shape index (κ3) is 3.37. The lowest BCUT2D eigenvalue weighted by Gasteiger charge is -2.22. The van der Waals surface area contributed by atoms with E-state index in [-0.39, 0.29) is 6.10 Å². The van der Waals surface area contributed by atoms with Gasteiger partial charge >= 0.3 is 6.09 Å². The van der Waals surface area contributed by atoms with Gasteiger partial charge in [0.25, 0.3) is 0 Å². The Bertz CT molecular complexity index is 514. The maximum Gasteiger partial charge on any atom is 0.407 e. The first-order valence-corrected chi connectivity index (χ1v) is 7.49. The fourth-order valence-corrected chi connectivity index (χ4v) is 2.82. The summed E-state index contributed by atoms with van der Waals surface area (Å²) < 4.78 is 11.5. The largest absolute Gasteiger partial charge is 0.475 e.